The average molecular weight is 961 g/mol. The number of carbonyl (C=O) groups excluding carboxylic acids is 2. The van der Waals surface area contributed by atoms with Gasteiger partial charge < -0.3 is 20.3 Å². The lowest BCUT2D eigenvalue weighted by molar-refractivity contribution is -0.143. The molecule has 0 bridgehead atoms. The van der Waals surface area contributed by atoms with Gasteiger partial charge in [0.25, 0.3) is 0 Å². The van der Waals surface area contributed by atoms with Crippen LogP contribution in [0.25, 0.3) is 0 Å². The lowest BCUT2D eigenvalue weighted by Gasteiger charge is -2.22. The van der Waals surface area contributed by atoms with E-state index in [9.17, 15) is 19.8 Å². The maximum atomic E-state index is 12.4. The summed E-state index contributed by atoms with van der Waals surface area (Å²) in [4.78, 5) is 24.5. The molecule has 68 heavy (non-hydrogen) atoms. The van der Waals surface area contributed by atoms with Gasteiger partial charge in [0.2, 0.25) is 5.91 Å². The maximum Gasteiger partial charge on any atom is 0.305 e. The van der Waals surface area contributed by atoms with Crippen LogP contribution in [0.3, 0.4) is 0 Å². The van der Waals surface area contributed by atoms with Crippen LogP contribution in [0, 0.1) is 0 Å². The minimum Gasteiger partial charge on any atom is -0.466 e. The standard InChI is InChI=1S/C62H121NO5/c1-3-5-7-9-11-13-14-15-16-26-30-33-36-40-44-48-52-56-62(67)68-57-53-49-45-41-37-34-31-28-25-23-21-19-17-18-20-22-24-27-29-32-35-39-43-47-51-55-61(66)63-59(58-64)60(65)54-50-46-42-38-12-10-8-6-4-2/h15-16,59-60,64-65H,3-14,17-58H2,1-2H3,(H,63,66)/b16-15-. The number of esters is 1. The highest BCUT2D eigenvalue weighted by Gasteiger charge is 2.20. The summed E-state index contributed by atoms with van der Waals surface area (Å²) >= 11 is 0. The number of aliphatic hydroxyl groups is 2. The van der Waals surface area contributed by atoms with Gasteiger partial charge >= 0.3 is 5.97 Å². The van der Waals surface area contributed by atoms with Crippen molar-refractivity contribution in [2.45, 2.75) is 360 Å². The molecule has 0 aliphatic carbocycles. The highest BCUT2D eigenvalue weighted by atomic mass is 16.5. The first-order valence-electron chi connectivity index (χ1n) is 30.9. The fourth-order valence-electron chi connectivity index (χ4n) is 9.81. The Morgan fingerprint density at radius 1 is 0.397 bits per heavy atom. The van der Waals surface area contributed by atoms with Crippen LogP contribution < -0.4 is 5.32 Å². The number of rotatable bonds is 58. The molecule has 6 nitrogen and oxygen atoms in total. The molecular weight excluding hydrogens is 839 g/mol. The molecule has 0 rings (SSSR count). The molecule has 3 N–H and O–H groups in total. The zero-order valence-corrected chi connectivity index (χ0v) is 46.1. The van der Waals surface area contributed by atoms with Crippen molar-refractivity contribution in [3.05, 3.63) is 12.2 Å². The van der Waals surface area contributed by atoms with Crippen LogP contribution in [0.1, 0.15) is 348 Å². The smallest absolute Gasteiger partial charge is 0.305 e. The first-order valence-corrected chi connectivity index (χ1v) is 30.9. The van der Waals surface area contributed by atoms with Gasteiger partial charge in [-0.2, -0.15) is 0 Å². The number of ether oxygens (including phenoxy) is 1. The third-order valence-corrected chi connectivity index (χ3v) is 14.6. The van der Waals surface area contributed by atoms with E-state index in [0.29, 0.717) is 25.9 Å². The van der Waals surface area contributed by atoms with Crippen molar-refractivity contribution in [2.24, 2.45) is 0 Å². The molecule has 0 aliphatic rings. The fourth-order valence-corrected chi connectivity index (χ4v) is 9.81. The number of allylic oxidation sites excluding steroid dienone is 2. The molecule has 0 fully saturated rings. The molecule has 0 heterocycles. The number of unbranched alkanes of at least 4 members (excludes halogenated alkanes) is 45. The molecule has 0 saturated heterocycles. The van der Waals surface area contributed by atoms with Gasteiger partial charge in [-0.05, 0) is 51.4 Å². The van der Waals surface area contributed by atoms with Crippen molar-refractivity contribution in [1.82, 2.24) is 5.32 Å². The summed E-state index contributed by atoms with van der Waals surface area (Å²) in [5, 5.41) is 23.1. The molecule has 2 unspecified atom stereocenters. The highest BCUT2D eigenvalue weighted by molar-refractivity contribution is 5.76. The number of nitrogens with one attached hydrogen (secondary N) is 1. The Hall–Kier alpha value is -1.40. The quantitative estimate of drug-likeness (QED) is 0.0321. The lowest BCUT2D eigenvalue weighted by Crippen LogP contribution is -2.45. The first-order chi connectivity index (χ1) is 33.5. The van der Waals surface area contributed by atoms with Crippen LogP contribution >= 0.6 is 0 Å². The largest absolute Gasteiger partial charge is 0.466 e. The number of carbonyl (C=O) groups is 2. The molecule has 0 aromatic rings. The molecule has 2 atom stereocenters. The van der Waals surface area contributed by atoms with Crippen molar-refractivity contribution < 1.29 is 24.5 Å². The van der Waals surface area contributed by atoms with Crippen LogP contribution in [0.15, 0.2) is 12.2 Å². The molecule has 0 aromatic carbocycles. The van der Waals surface area contributed by atoms with Gasteiger partial charge in [-0.25, -0.2) is 0 Å². The zero-order chi connectivity index (χ0) is 49.3. The molecule has 0 aromatic heterocycles. The topological polar surface area (TPSA) is 95.9 Å². The van der Waals surface area contributed by atoms with E-state index in [1.807, 2.05) is 0 Å². The lowest BCUT2D eigenvalue weighted by atomic mass is 10.0. The Morgan fingerprint density at radius 2 is 0.691 bits per heavy atom. The SMILES string of the molecule is CCCCCCCC/C=C\CCCCCCCCCC(=O)OCCCCCCCCCCCCCCCCCCCCCCCCCCCC(=O)NC(CO)C(O)CCCCCCCCCCC. The normalized spacial score (nSPS) is 12.6. The Kier molecular flexibility index (Phi) is 57.0. The van der Waals surface area contributed by atoms with Gasteiger partial charge in [-0.15, -0.1) is 0 Å². The Balaban J connectivity index is 3.31. The number of aliphatic hydroxyl groups excluding tert-OH is 2. The predicted molar refractivity (Wildman–Crippen MR) is 297 cm³/mol. The summed E-state index contributed by atoms with van der Waals surface area (Å²) in [6.45, 7) is 4.95. The summed E-state index contributed by atoms with van der Waals surface area (Å²) in [6.07, 6.45) is 69.5. The van der Waals surface area contributed by atoms with Crippen LogP contribution in [0.4, 0.5) is 0 Å². The van der Waals surface area contributed by atoms with Crippen molar-refractivity contribution >= 4 is 11.9 Å². The Bertz CT molecular complexity index is 1020. The number of amides is 1. The van der Waals surface area contributed by atoms with Gasteiger partial charge in [0, 0.05) is 12.8 Å². The average Bonchev–Trinajstić information content (AvgIpc) is 3.34. The molecular formula is C62H121NO5. The van der Waals surface area contributed by atoms with Crippen molar-refractivity contribution in [3.8, 4) is 0 Å². The Labute approximate surface area is 425 Å². The molecule has 0 spiro atoms. The van der Waals surface area contributed by atoms with Gasteiger partial charge in [0.05, 0.1) is 25.4 Å². The molecule has 6 heteroatoms. The third-order valence-electron chi connectivity index (χ3n) is 14.6. The monoisotopic (exact) mass is 960 g/mol. The van der Waals surface area contributed by atoms with Crippen LogP contribution in [-0.4, -0.2) is 47.4 Å². The van der Waals surface area contributed by atoms with E-state index in [2.05, 4.69) is 31.3 Å². The fraction of sp³-hybridized carbons (Fsp3) is 0.935. The van der Waals surface area contributed by atoms with Crippen LogP contribution in [0.5, 0.6) is 0 Å². The molecule has 0 aliphatic heterocycles. The van der Waals surface area contributed by atoms with Crippen LogP contribution in [0.2, 0.25) is 0 Å². The van der Waals surface area contributed by atoms with Gasteiger partial charge in [0.15, 0.2) is 0 Å². The minimum absolute atomic E-state index is 0.0135. The first kappa shape index (κ1) is 66.6. The van der Waals surface area contributed by atoms with E-state index in [1.165, 1.54) is 270 Å². The summed E-state index contributed by atoms with van der Waals surface area (Å²) in [6, 6.07) is -0.537. The molecule has 0 saturated carbocycles. The third kappa shape index (κ3) is 53.9. The molecule has 404 valence electrons. The van der Waals surface area contributed by atoms with E-state index in [-0.39, 0.29) is 18.5 Å². The maximum absolute atomic E-state index is 12.4. The number of hydrogen-bond donors (Lipinski definition) is 3. The van der Waals surface area contributed by atoms with E-state index in [1.54, 1.807) is 0 Å². The predicted octanol–water partition coefficient (Wildman–Crippen LogP) is 19.2. The molecule has 1 amide bonds. The van der Waals surface area contributed by atoms with Crippen molar-refractivity contribution in [1.29, 1.82) is 0 Å². The second-order valence-electron chi connectivity index (χ2n) is 21.4. The van der Waals surface area contributed by atoms with E-state index in [0.717, 1.165) is 44.9 Å². The second-order valence-corrected chi connectivity index (χ2v) is 21.4. The highest BCUT2D eigenvalue weighted by Crippen LogP contribution is 2.18. The zero-order valence-electron chi connectivity index (χ0n) is 46.1. The van der Waals surface area contributed by atoms with Crippen molar-refractivity contribution in [2.75, 3.05) is 13.2 Å². The van der Waals surface area contributed by atoms with E-state index < -0.39 is 12.1 Å². The van der Waals surface area contributed by atoms with Crippen LogP contribution in [-0.2, 0) is 14.3 Å². The van der Waals surface area contributed by atoms with E-state index in [4.69, 9.17) is 4.74 Å². The summed E-state index contributed by atoms with van der Waals surface area (Å²) in [5.41, 5.74) is 0. The summed E-state index contributed by atoms with van der Waals surface area (Å²) < 4.78 is 5.49. The van der Waals surface area contributed by atoms with Gasteiger partial charge in [0.1, 0.15) is 0 Å². The van der Waals surface area contributed by atoms with E-state index >= 15 is 0 Å². The second kappa shape index (κ2) is 58.2. The Morgan fingerprint density at radius 3 is 1.04 bits per heavy atom. The number of hydrogen-bond acceptors (Lipinski definition) is 5. The van der Waals surface area contributed by atoms with Gasteiger partial charge in [-0.3, -0.25) is 9.59 Å². The summed E-state index contributed by atoms with van der Waals surface area (Å²) in [7, 11) is 0. The van der Waals surface area contributed by atoms with Crippen molar-refractivity contribution in [3.63, 3.8) is 0 Å². The summed E-state index contributed by atoms with van der Waals surface area (Å²) in [5.74, 6) is -0.0208. The minimum atomic E-state index is -0.660. The van der Waals surface area contributed by atoms with Gasteiger partial charge in [-0.1, -0.05) is 296 Å². The molecule has 0 radical (unpaired) electrons.